The molecule has 0 bridgehead atoms. The van der Waals surface area contributed by atoms with Gasteiger partial charge in [-0.15, -0.1) is 0 Å². The minimum atomic E-state index is -0.377. The molecule has 2 aliphatic rings. The van der Waals surface area contributed by atoms with E-state index in [-0.39, 0.29) is 18.2 Å². The standard InChI is InChI=1S/C18H27N3O2/c22-16-9-6-12-21(14-16)18(23)19-13-17(20-10-4-5-11-20)15-7-2-1-3-8-15/h1-3,7-8,16-17,22H,4-6,9-14H2,(H,19,23). The molecule has 0 radical (unpaired) electrons. The van der Waals surface area contributed by atoms with Crippen molar-refractivity contribution in [1.82, 2.24) is 15.1 Å². The highest BCUT2D eigenvalue weighted by atomic mass is 16.3. The number of aliphatic hydroxyl groups excluding tert-OH is 1. The van der Waals surface area contributed by atoms with Gasteiger partial charge in [-0.1, -0.05) is 30.3 Å². The molecule has 2 aliphatic heterocycles. The fourth-order valence-electron chi connectivity index (χ4n) is 3.62. The summed E-state index contributed by atoms with van der Waals surface area (Å²) in [6, 6.07) is 10.6. The third kappa shape index (κ3) is 4.24. The van der Waals surface area contributed by atoms with Crippen molar-refractivity contribution in [3.05, 3.63) is 35.9 Å². The Kier molecular flexibility index (Phi) is 5.51. The summed E-state index contributed by atoms with van der Waals surface area (Å²) in [4.78, 5) is 16.6. The van der Waals surface area contributed by atoms with E-state index in [4.69, 9.17) is 0 Å². The van der Waals surface area contributed by atoms with Crippen molar-refractivity contribution in [2.24, 2.45) is 0 Å². The van der Waals surface area contributed by atoms with Crippen LogP contribution in [0.5, 0.6) is 0 Å². The average Bonchev–Trinajstić information content (AvgIpc) is 3.10. The molecule has 2 atom stereocenters. The normalized spacial score (nSPS) is 23.7. The van der Waals surface area contributed by atoms with Gasteiger partial charge in [0.05, 0.1) is 12.1 Å². The first kappa shape index (κ1) is 16.3. The quantitative estimate of drug-likeness (QED) is 0.893. The van der Waals surface area contributed by atoms with E-state index in [1.807, 2.05) is 6.07 Å². The van der Waals surface area contributed by atoms with Crippen molar-refractivity contribution in [2.45, 2.75) is 37.8 Å². The maximum absolute atomic E-state index is 12.4. The predicted molar refractivity (Wildman–Crippen MR) is 90.2 cm³/mol. The van der Waals surface area contributed by atoms with Gasteiger partial charge in [0.1, 0.15) is 0 Å². The molecule has 2 amide bonds. The van der Waals surface area contributed by atoms with E-state index in [2.05, 4.69) is 34.5 Å². The Morgan fingerprint density at radius 3 is 2.61 bits per heavy atom. The predicted octanol–water partition coefficient (Wildman–Crippen LogP) is 1.99. The first-order valence-electron chi connectivity index (χ1n) is 8.74. The summed E-state index contributed by atoms with van der Waals surface area (Å²) in [6.07, 6.45) is 3.76. The number of aliphatic hydroxyl groups is 1. The first-order valence-corrected chi connectivity index (χ1v) is 8.74. The minimum Gasteiger partial charge on any atom is -0.391 e. The van der Waals surface area contributed by atoms with Crippen LogP contribution in [-0.2, 0) is 0 Å². The molecule has 3 rings (SSSR count). The van der Waals surface area contributed by atoms with Crippen LogP contribution in [0.3, 0.4) is 0 Å². The van der Waals surface area contributed by atoms with Gasteiger partial charge in [-0.25, -0.2) is 4.79 Å². The highest BCUT2D eigenvalue weighted by Crippen LogP contribution is 2.24. The Balaban J connectivity index is 1.61. The molecule has 0 saturated carbocycles. The number of benzene rings is 1. The molecule has 1 aromatic rings. The van der Waals surface area contributed by atoms with Crippen LogP contribution < -0.4 is 5.32 Å². The van der Waals surface area contributed by atoms with E-state index >= 15 is 0 Å². The number of piperidine rings is 1. The van der Waals surface area contributed by atoms with Gasteiger partial charge in [0.15, 0.2) is 0 Å². The molecule has 0 spiro atoms. The zero-order valence-electron chi connectivity index (χ0n) is 13.7. The smallest absolute Gasteiger partial charge is 0.317 e. The molecule has 2 saturated heterocycles. The summed E-state index contributed by atoms with van der Waals surface area (Å²) in [5.74, 6) is 0. The minimum absolute atomic E-state index is 0.0520. The van der Waals surface area contributed by atoms with Gasteiger partial charge in [0.25, 0.3) is 0 Å². The van der Waals surface area contributed by atoms with Crippen LogP contribution in [0, 0.1) is 0 Å². The number of rotatable bonds is 4. The second kappa shape index (κ2) is 7.79. The van der Waals surface area contributed by atoms with Crippen LogP contribution in [0.25, 0.3) is 0 Å². The molecule has 5 heteroatoms. The zero-order chi connectivity index (χ0) is 16.1. The fourth-order valence-corrected chi connectivity index (χ4v) is 3.62. The molecule has 0 aromatic heterocycles. The second-order valence-corrected chi connectivity index (χ2v) is 6.60. The number of nitrogens with zero attached hydrogens (tertiary/aromatic N) is 2. The molecular weight excluding hydrogens is 290 g/mol. The van der Waals surface area contributed by atoms with Crippen LogP contribution in [0.2, 0.25) is 0 Å². The van der Waals surface area contributed by atoms with E-state index in [1.54, 1.807) is 4.90 Å². The van der Waals surface area contributed by atoms with E-state index in [1.165, 1.54) is 18.4 Å². The third-order valence-corrected chi connectivity index (χ3v) is 4.90. The lowest BCUT2D eigenvalue weighted by Crippen LogP contribution is -2.48. The molecular formula is C18H27N3O2. The summed E-state index contributed by atoms with van der Waals surface area (Å²) in [6.45, 7) is 4.00. The van der Waals surface area contributed by atoms with E-state index in [0.717, 1.165) is 32.5 Å². The van der Waals surface area contributed by atoms with Crippen LogP contribution in [0.4, 0.5) is 4.79 Å². The monoisotopic (exact) mass is 317 g/mol. The topological polar surface area (TPSA) is 55.8 Å². The Morgan fingerprint density at radius 2 is 1.91 bits per heavy atom. The summed E-state index contributed by atoms with van der Waals surface area (Å²) >= 11 is 0. The first-order chi connectivity index (χ1) is 11.2. The number of amides is 2. The fraction of sp³-hybridized carbons (Fsp3) is 0.611. The van der Waals surface area contributed by atoms with Crippen LogP contribution in [0.1, 0.15) is 37.3 Å². The molecule has 5 nitrogen and oxygen atoms in total. The number of likely N-dealkylation sites (tertiary alicyclic amines) is 2. The van der Waals surface area contributed by atoms with Crippen molar-refractivity contribution in [1.29, 1.82) is 0 Å². The number of carbonyl (C=O) groups excluding carboxylic acids is 1. The van der Waals surface area contributed by atoms with Crippen molar-refractivity contribution >= 4 is 6.03 Å². The van der Waals surface area contributed by atoms with Gasteiger partial charge >= 0.3 is 6.03 Å². The summed E-state index contributed by atoms with van der Waals surface area (Å²) in [5.41, 5.74) is 1.26. The van der Waals surface area contributed by atoms with Crippen LogP contribution in [0.15, 0.2) is 30.3 Å². The van der Waals surface area contributed by atoms with Gasteiger partial charge in [-0.3, -0.25) is 4.90 Å². The number of hydrogen-bond donors (Lipinski definition) is 2. The summed E-state index contributed by atoms with van der Waals surface area (Å²) < 4.78 is 0. The van der Waals surface area contributed by atoms with E-state index in [9.17, 15) is 9.90 Å². The average molecular weight is 317 g/mol. The third-order valence-electron chi connectivity index (χ3n) is 4.90. The summed E-state index contributed by atoms with van der Waals surface area (Å²) in [5, 5.41) is 12.8. The Labute approximate surface area is 138 Å². The molecule has 2 unspecified atom stereocenters. The molecule has 1 aromatic carbocycles. The van der Waals surface area contributed by atoms with Crippen molar-refractivity contribution in [3.8, 4) is 0 Å². The Morgan fingerprint density at radius 1 is 1.17 bits per heavy atom. The maximum atomic E-state index is 12.4. The highest BCUT2D eigenvalue weighted by molar-refractivity contribution is 5.74. The SMILES string of the molecule is O=C(NCC(c1ccccc1)N1CCCC1)N1CCCC(O)C1. The number of urea groups is 1. The number of carbonyl (C=O) groups is 1. The molecule has 2 heterocycles. The number of β-amino-alcohol motifs (C(OH)–C–C–N with tert-alkyl or cyclic N) is 1. The van der Waals surface area contributed by atoms with Crippen molar-refractivity contribution < 1.29 is 9.90 Å². The number of nitrogens with one attached hydrogen (secondary N) is 1. The maximum Gasteiger partial charge on any atom is 0.317 e. The van der Waals surface area contributed by atoms with Gasteiger partial charge < -0.3 is 15.3 Å². The van der Waals surface area contributed by atoms with Gasteiger partial charge in [0.2, 0.25) is 0 Å². The van der Waals surface area contributed by atoms with Crippen LogP contribution >= 0.6 is 0 Å². The Bertz CT molecular complexity index is 502. The largest absolute Gasteiger partial charge is 0.391 e. The second-order valence-electron chi connectivity index (χ2n) is 6.60. The summed E-state index contributed by atoms with van der Waals surface area (Å²) in [7, 11) is 0. The van der Waals surface area contributed by atoms with Crippen molar-refractivity contribution in [3.63, 3.8) is 0 Å². The molecule has 23 heavy (non-hydrogen) atoms. The van der Waals surface area contributed by atoms with E-state index < -0.39 is 0 Å². The molecule has 126 valence electrons. The highest BCUT2D eigenvalue weighted by Gasteiger charge is 2.26. The number of hydrogen-bond acceptors (Lipinski definition) is 3. The Hall–Kier alpha value is -1.59. The van der Waals surface area contributed by atoms with E-state index in [0.29, 0.717) is 13.1 Å². The van der Waals surface area contributed by atoms with Gasteiger partial charge in [-0.05, 0) is 44.3 Å². The van der Waals surface area contributed by atoms with Crippen molar-refractivity contribution in [2.75, 3.05) is 32.7 Å². The van der Waals surface area contributed by atoms with Gasteiger partial charge in [-0.2, -0.15) is 0 Å². The lowest BCUT2D eigenvalue weighted by atomic mass is 10.1. The molecule has 0 aliphatic carbocycles. The molecule has 2 N–H and O–H groups in total. The lowest BCUT2D eigenvalue weighted by Gasteiger charge is -2.32. The van der Waals surface area contributed by atoms with Crippen LogP contribution in [-0.4, -0.2) is 59.8 Å². The zero-order valence-corrected chi connectivity index (χ0v) is 13.7. The molecule has 2 fully saturated rings. The van der Waals surface area contributed by atoms with Gasteiger partial charge in [0, 0.05) is 19.6 Å². The lowest BCUT2D eigenvalue weighted by molar-refractivity contribution is 0.0834.